The number of esters is 1. The molecule has 170 valence electrons. The average Bonchev–Trinajstić information content (AvgIpc) is 3.18. The number of nitrogens with zero attached hydrogens (tertiary/aromatic N) is 3. The van der Waals surface area contributed by atoms with Gasteiger partial charge in [-0.15, -0.1) is 0 Å². The summed E-state index contributed by atoms with van der Waals surface area (Å²) in [4.78, 5) is 28.3. The first-order chi connectivity index (χ1) is 14.5. The minimum absolute atomic E-state index is 0.0418. The summed E-state index contributed by atoms with van der Waals surface area (Å²) in [7, 11) is 0. The molecular formula is C19H23F3N4O5. The molecule has 12 heteroatoms. The highest BCUT2D eigenvalue weighted by Crippen LogP contribution is 2.21. The predicted molar refractivity (Wildman–Crippen MR) is 101 cm³/mol. The van der Waals surface area contributed by atoms with E-state index in [4.69, 9.17) is 9.47 Å². The molecule has 0 radical (unpaired) electrons. The molecule has 1 N–H and O–H groups in total. The molecule has 0 fully saturated rings. The fourth-order valence-corrected chi connectivity index (χ4v) is 2.41. The van der Waals surface area contributed by atoms with Crippen molar-refractivity contribution in [1.82, 2.24) is 20.1 Å². The Hall–Kier alpha value is -3.31. The van der Waals surface area contributed by atoms with E-state index in [9.17, 15) is 22.8 Å². The van der Waals surface area contributed by atoms with E-state index in [2.05, 4.69) is 20.1 Å². The van der Waals surface area contributed by atoms with E-state index in [1.54, 1.807) is 20.8 Å². The van der Waals surface area contributed by atoms with Gasteiger partial charge in [-0.05, 0) is 38.5 Å². The maximum Gasteiger partial charge on any atom is 0.422 e. The number of alkyl carbamates (subject to hydrolysis) is 1. The molecular weight excluding hydrogens is 421 g/mol. The lowest BCUT2D eigenvalue weighted by molar-refractivity contribution is -0.158. The highest BCUT2D eigenvalue weighted by Gasteiger charge is 2.29. The van der Waals surface area contributed by atoms with E-state index >= 15 is 0 Å². The Kier molecular flexibility index (Phi) is 8.22. The summed E-state index contributed by atoms with van der Waals surface area (Å²) in [6.45, 7) is 3.49. The molecule has 1 heterocycles. The lowest BCUT2D eigenvalue weighted by Crippen LogP contribution is -2.38. The van der Waals surface area contributed by atoms with Crippen LogP contribution in [0.3, 0.4) is 0 Å². The molecule has 2 aromatic rings. The Morgan fingerprint density at radius 2 is 1.81 bits per heavy atom. The second-order valence-corrected chi connectivity index (χ2v) is 6.84. The van der Waals surface area contributed by atoms with Crippen LogP contribution in [0.2, 0.25) is 0 Å². The number of aromatic nitrogens is 3. The SMILES string of the molecule is CC(C)OC(=O)[C@@H](Cn1cncn1)OC(=O)N[C@@H](C)c1ccc(OCC(F)(F)F)cc1. The van der Waals surface area contributed by atoms with Crippen LogP contribution in [0.4, 0.5) is 18.0 Å². The van der Waals surface area contributed by atoms with Crippen molar-refractivity contribution in [2.24, 2.45) is 0 Å². The number of hydrogen-bond donors (Lipinski definition) is 1. The summed E-state index contributed by atoms with van der Waals surface area (Å²) in [5.74, 6) is -0.695. The summed E-state index contributed by atoms with van der Waals surface area (Å²) in [6, 6.07) is 5.18. The first kappa shape index (κ1) is 24.0. The normalized spacial score (nSPS) is 13.4. The zero-order valence-electron chi connectivity index (χ0n) is 17.1. The van der Waals surface area contributed by atoms with E-state index in [1.165, 1.54) is 41.6 Å². The number of nitrogens with one attached hydrogen (secondary N) is 1. The highest BCUT2D eigenvalue weighted by molar-refractivity contribution is 5.79. The Morgan fingerprint density at radius 3 is 2.35 bits per heavy atom. The largest absolute Gasteiger partial charge is 0.484 e. The molecule has 0 unspecified atom stereocenters. The van der Waals surface area contributed by atoms with Gasteiger partial charge in [0.2, 0.25) is 6.10 Å². The van der Waals surface area contributed by atoms with Crippen LogP contribution in [0.1, 0.15) is 32.4 Å². The zero-order chi connectivity index (χ0) is 23.0. The van der Waals surface area contributed by atoms with Crippen molar-refractivity contribution < 1.29 is 37.0 Å². The second-order valence-electron chi connectivity index (χ2n) is 6.84. The Morgan fingerprint density at radius 1 is 1.13 bits per heavy atom. The van der Waals surface area contributed by atoms with Gasteiger partial charge in [-0.1, -0.05) is 12.1 Å². The number of carbonyl (C=O) groups excluding carboxylic acids is 2. The number of carbonyl (C=O) groups is 2. The molecule has 0 spiro atoms. The van der Waals surface area contributed by atoms with Gasteiger partial charge < -0.3 is 19.5 Å². The fraction of sp³-hybridized carbons (Fsp3) is 0.474. The van der Waals surface area contributed by atoms with Crippen molar-refractivity contribution in [3.8, 4) is 5.75 Å². The first-order valence-corrected chi connectivity index (χ1v) is 9.33. The van der Waals surface area contributed by atoms with E-state index in [-0.39, 0.29) is 12.3 Å². The van der Waals surface area contributed by atoms with Crippen LogP contribution in [0, 0.1) is 0 Å². The number of benzene rings is 1. The molecule has 0 aliphatic carbocycles. The van der Waals surface area contributed by atoms with Crippen molar-refractivity contribution in [2.45, 2.75) is 51.7 Å². The van der Waals surface area contributed by atoms with Crippen LogP contribution in [0.5, 0.6) is 5.75 Å². The summed E-state index contributed by atoms with van der Waals surface area (Å²) in [5, 5.41) is 6.43. The summed E-state index contributed by atoms with van der Waals surface area (Å²) < 4.78 is 52.9. The molecule has 0 bridgehead atoms. The molecule has 0 saturated carbocycles. The predicted octanol–water partition coefficient (Wildman–Crippen LogP) is 3.03. The molecule has 31 heavy (non-hydrogen) atoms. The number of amides is 1. The van der Waals surface area contributed by atoms with Gasteiger partial charge in [-0.3, -0.25) is 0 Å². The molecule has 9 nitrogen and oxygen atoms in total. The molecule has 2 atom stereocenters. The molecule has 1 aromatic heterocycles. The Bertz CT molecular complexity index is 841. The van der Waals surface area contributed by atoms with Gasteiger partial charge in [0.15, 0.2) is 6.61 Å². The third kappa shape index (κ3) is 8.52. The number of rotatable bonds is 9. The van der Waals surface area contributed by atoms with Gasteiger partial charge in [0, 0.05) is 0 Å². The van der Waals surface area contributed by atoms with Gasteiger partial charge in [0.25, 0.3) is 0 Å². The third-order valence-corrected chi connectivity index (χ3v) is 3.80. The van der Waals surface area contributed by atoms with Gasteiger partial charge >= 0.3 is 18.2 Å². The highest BCUT2D eigenvalue weighted by atomic mass is 19.4. The lowest BCUT2D eigenvalue weighted by Gasteiger charge is -2.20. The van der Waals surface area contributed by atoms with Crippen LogP contribution in [0.15, 0.2) is 36.9 Å². The van der Waals surface area contributed by atoms with Gasteiger partial charge in [0.1, 0.15) is 18.4 Å². The molecule has 0 saturated heterocycles. The van der Waals surface area contributed by atoms with E-state index in [0.717, 1.165) is 0 Å². The topological polar surface area (TPSA) is 105 Å². The van der Waals surface area contributed by atoms with Crippen LogP contribution < -0.4 is 10.1 Å². The molecule has 0 aliphatic heterocycles. The summed E-state index contributed by atoms with van der Waals surface area (Å²) >= 11 is 0. The zero-order valence-corrected chi connectivity index (χ0v) is 17.1. The van der Waals surface area contributed by atoms with Crippen LogP contribution in [0.25, 0.3) is 0 Å². The summed E-state index contributed by atoms with van der Waals surface area (Å²) in [5.41, 5.74) is 0.592. The lowest BCUT2D eigenvalue weighted by atomic mass is 10.1. The van der Waals surface area contributed by atoms with Crippen LogP contribution in [-0.2, 0) is 20.8 Å². The quantitative estimate of drug-likeness (QED) is 0.593. The maximum absolute atomic E-state index is 12.3. The van der Waals surface area contributed by atoms with Crippen LogP contribution >= 0.6 is 0 Å². The summed E-state index contributed by atoms with van der Waals surface area (Å²) in [6.07, 6.45) is -4.34. The Balaban J connectivity index is 1.95. The number of hydrogen-bond acceptors (Lipinski definition) is 7. The molecule has 1 aromatic carbocycles. The standard InChI is InChI=1S/C19H23F3N4O5/c1-12(2)30-17(27)16(8-26-11-23-10-24-26)31-18(28)25-13(3)14-4-6-15(7-5-14)29-9-19(20,21)22/h4-7,10-13,16H,8-9H2,1-3H3,(H,25,28)/t13-,16+/m0/s1. The minimum atomic E-state index is -4.43. The van der Waals surface area contributed by atoms with Crippen molar-refractivity contribution in [1.29, 1.82) is 0 Å². The molecule has 2 rings (SSSR count). The first-order valence-electron chi connectivity index (χ1n) is 9.33. The molecule has 0 aliphatic rings. The van der Waals surface area contributed by atoms with Crippen LogP contribution in [-0.4, -0.2) is 51.8 Å². The number of alkyl halides is 3. The monoisotopic (exact) mass is 444 g/mol. The second kappa shape index (κ2) is 10.6. The number of halogens is 3. The number of ether oxygens (including phenoxy) is 3. The van der Waals surface area contributed by atoms with Gasteiger partial charge in [-0.25, -0.2) is 19.3 Å². The van der Waals surface area contributed by atoms with Crippen molar-refractivity contribution in [2.75, 3.05) is 6.61 Å². The smallest absolute Gasteiger partial charge is 0.422 e. The fourth-order valence-electron chi connectivity index (χ4n) is 2.41. The van der Waals surface area contributed by atoms with Gasteiger partial charge in [0.05, 0.1) is 18.7 Å². The minimum Gasteiger partial charge on any atom is -0.484 e. The van der Waals surface area contributed by atoms with E-state index in [0.29, 0.717) is 5.56 Å². The maximum atomic E-state index is 12.3. The van der Waals surface area contributed by atoms with E-state index in [1.807, 2.05) is 0 Å². The van der Waals surface area contributed by atoms with Crippen molar-refractivity contribution >= 4 is 12.1 Å². The van der Waals surface area contributed by atoms with Gasteiger partial charge in [-0.2, -0.15) is 18.3 Å². The van der Waals surface area contributed by atoms with E-state index < -0.39 is 43.1 Å². The third-order valence-electron chi connectivity index (χ3n) is 3.80. The molecule has 1 amide bonds. The Labute approximate surface area is 176 Å². The van der Waals surface area contributed by atoms with Crippen molar-refractivity contribution in [3.63, 3.8) is 0 Å². The average molecular weight is 444 g/mol. The van der Waals surface area contributed by atoms with Crippen molar-refractivity contribution in [3.05, 3.63) is 42.5 Å².